The van der Waals surface area contributed by atoms with Gasteiger partial charge in [0.05, 0.1) is 16.2 Å². The van der Waals surface area contributed by atoms with Crippen molar-refractivity contribution < 1.29 is 4.79 Å². The van der Waals surface area contributed by atoms with E-state index in [-0.39, 0.29) is 16.7 Å². The molecule has 1 unspecified atom stereocenters. The first kappa shape index (κ1) is 20.4. The molecule has 1 atom stereocenters. The SMILES string of the molecule is CCC(Sc1nc2ccccc2c(=O)n1CC)C(=O)Nc1cccc(Cl)c1C. The summed E-state index contributed by atoms with van der Waals surface area (Å²) in [5.41, 5.74) is 2.07. The number of hydrogen-bond acceptors (Lipinski definition) is 4. The summed E-state index contributed by atoms with van der Waals surface area (Å²) >= 11 is 7.46. The van der Waals surface area contributed by atoms with E-state index in [1.165, 1.54) is 11.8 Å². The number of aromatic nitrogens is 2. The lowest BCUT2D eigenvalue weighted by Gasteiger charge is -2.18. The summed E-state index contributed by atoms with van der Waals surface area (Å²) in [7, 11) is 0. The first-order chi connectivity index (χ1) is 13.5. The fourth-order valence-corrected chi connectivity index (χ4v) is 4.17. The highest BCUT2D eigenvalue weighted by Gasteiger charge is 2.22. The highest BCUT2D eigenvalue weighted by atomic mass is 35.5. The maximum Gasteiger partial charge on any atom is 0.262 e. The van der Waals surface area contributed by atoms with Gasteiger partial charge in [-0.05, 0) is 50.1 Å². The van der Waals surface area contributed by atoms with Crippen molar-refractivity contribution in [2.75, 3.05) is 5.32 Å². The van der Waals surface area contributed by atoms with Gasteiger partial charge in [-0.2, -0.15) is 0 Å². The number of anilines is 1. The zero-order chi connectivity index (χ0) is 20.3. The molecule has 146 valence electrons. The van der Waals surface area contributed by atoms with Gasteiger partial charge in [0.1, 0.15) is 0 Å². The van der Waals surface area contributed by atoms with E-state index < -0.39 is 0 Å². The van der Waals surface area contributed by atoms with Crippen LogP contribution in [0.4, 0.5) is 5.69 Å². The summed E-state index contributed by atoms with van der Waals surface area (Å²) in [6.07, 6.45) is 0.600. The highest BCUT2D eigenvalue weighted by Crippen LogP contribution is 2.28. The number of thioether (sulfide) groups is 1. The fraction of sp³-hybridized carbons (Fsp3) is 0.286. The number of carbonyl (C=O) groups is 1. The van der Waals surface area contributed by atoms with Gasteiger partial charge in [0.2, 0.25) is 5.91 Å². The summed E-state index contributed by atoms with van der Waals surface area (Å²) in [4.78, 5) is 30.3. The molecule has 0 saturated carbocycles. The number of carbonyl (C=O) groups excluding carboxylic acids is 1. The van der Waals surface area contributed by atoms with Crippen molar-refractivity contribution >= 4 is 45.9 Å². The van der Waals surface area contributed by atoms with Crippen molar-refractivity contribution in [2.24, 2.45) is 0 Å². The number of rotatable bonds is 6. The van der Waals surface area contributed by atoms with Crippen LogP contribution in [0.1, 0.15) is 25.8 Å². The minimum absolute atomic E-state index is 0.0865. The van der Waals surface area contributed by atoms with Crippen LogP contribution in [0.5, 0.6) is 0 Å². The van der Waals surface area contributed by atoms with Crippen LogP contribution in [0.2, 0.25) is 5.02 Å². The van der Waals surface area contributed by atoms with Crippen LogP contribution < -0.4 is 10.9 Å². The maximum absolute atomic E-state index is 12.9. The molecule has 0 radical (unpaired) electrons. The van der Waals surface area contributed by atoms with Gasteiger partial charge in [-0.1, -0.05) is 48.5 Å². The topological polar surface area (TPSA) is 64.0 Å². The second-order valence-corrected chi connectivity index (χ2v) is 7.95. The molecular formula is C21H22ClN3O2S. The Morgan fingerprint density at radius 2 is 1.96 bits per heavy atom. The van der Waals surface area contributed by atoms with Crippen molar-refractivity contribution in [3.05, 3.63) is 63.4 Å². The first-order valence-electron chi connectivity index (χ1n) is 9.18. The lowest BCUT2D eigenvalue weighted by Crippen LogP contribution is -2.28. The van der Waals surface area contributed by atoms with E-state index in [0.717, 1.165) is 5.56 Å². The molecule has 1 heterocycles. The summed E-state index contributed by atoms with van der Waals surface area (Å²) in [5, 5.41) is 4.31. The third-order valence-electron chi connectivity index (χ3n) is 4.58. The molecule has 5 nitrogen and oxygen atoms in total. The molecule has 3 rings (SSSR count). The van der Waals surface area contributed by atoms with Crippen molar-refractivity contribution in [3.8, 4) is 0 Å². The molecule has 28 heavy (non-hydrogen) atoms. The summed E-state index contributed by atoms with van der Waals surface area (Å²) in [6, 6.07) is 12.7. The monoisotopic (exact) mass is 415 g/mol. The lowest BCUT2D eigenvalue weighted by atomic mass is 10.2. The minimum Gasteiger partial charge on any atom is -0.325 e. The molecule has 7 heteroatoms. The van der Waals surface area contributed by atoms with E-state index in [2.05, 4.69) is 10.3 Å². The number of hydrogen-bond donors (Lipinski definition) is 1. The average molecular weight is 416 g/mol. The number of benzene rings is 2. The minimum atomic E-state index is -0.385. The van der Waals surface area contributed by atoms with Crippen LogP contribution in [-0.4, -0.2) is 20.7 Å². The molecule has 0 aliphatic heterocycles. The van der Waals surface area contributed by atoms with Crippen LogP contribution in [-0.2, 0) is 11.3 Å². The molecule has 0 saturated heterocycles. The number of nitrogens with one attached hydrogen (secondary N) is 1. The van der Waals surface area contributed by atoms with E-state index in [9.17, 15) is 9.59 Å². The second-order valence-electron chi connectivity index (χ2n) is 6.38. The van der Waals surface area contributed by atoms with E-state index in [1.54, 1.807) is 22.8 Å². The van der Waals surface area contributed by atoms with E-state index in [0.29, 0.717) is 39.7 Å². The van der Waals surface area contributed by atoms with E-state index in [4.69, 9.17) is 11.6 Å². The zero-order valence-electron chi connectivity index (χ0n) is 16.0. The molecule has 2 aromatic carbocycles. The Kier molecular flexibility index (Phi) is 6.42. The van der Waals surface area contributed by atoms with Crippen molar-refractivity contribution in [1.29, 1.82) is 0 Å². The smallest absolute Gasteiger partial charge is 0.262 e. The van der Waals surface area contributed by atoms with E-state index in [1.807, 2.05) is 45.0 Å². The number of fused-ring (bicyclic) bond motifs is 1. The molecule has 0 spiro atoms. The highest BCUT2D eigenvalue weighted by molar-refractivity contribution is 8.00. The third kappa shape index (κ3) is 4.08. The van der Waals surface area contributed by atoms with Crippen molar-refractivity contribution in [1.82, 2.24) is 9.55 Å². The Balaban J connectivity index is 1.91. The molecule has 0 aliphatic carbocycles. The van der Waals surface area contributed by atoms with Gasteiger partial charge in [0, 0.05) is 17.3 Å². The quantitative estimate of drug-likeness (QED) is 0.460. The van der Waals surface area contributed by atoms with Crippen LogP contribution >= 0.6 is 23.4 Å². The number of para-hydroxylation sites is 1. The summed E-state index contributed by atoms with van der Waals surface area (Å²) in [5.74, 6) is -0.136. The predicted molar refractivity (Wildman–Crippen MR) is 116 cm³/mol. The van der Waals surface area contributed by atoms with E-state index >= 15 is 0 Å². The van der Waals surface area contributed by atoms with Crippen LogP contribution in [0, 0.1) is 6.92 Å². The molecular weight excluding hydrogens is 394 g/mol. The van der Waals surface area contributed by atoms with Gasteiger partial charge in [-0.15, -0.1) is 0 Å². The zero-order valence-corrected chi connectivity index (χ0v) is 17.6. The van der Waals surface area contributed by atoms with Gasteiger partial charge < -0.3 is 5.32 Å². The Bertz CT molecular complexity index is 1080. The Morgan fingerprint density at radius 3 is 2.68 bits per heavy atom. The standard InChI is InChI=1S/C21H22ClN3O2S/c1-4-18(19(26)23-16-12-8-10-15(22)13(16)3)28-21-24-17-11-7-6-9-14(17)20(27)25(21)5-2/h6-12,18H,4-5H2,1-3H3,(H,23,26). The average Bonchev–Trinajstić information content (AvgIpc) is 2.69. The lowest BCUT2D eigenvalue weighted by molar-refractivity contribution is -0.115. The largest absolute Gasteiger partial charge is 0.325 e. The Morgan fingerprint density at radius 1 is 1.21 bits per heavy atom. The summed E-state index contributed by atoms with van der Waals surface area (Å²) in [6.45, 7) is 6.20. The number of nitrogens with zero attached hydrogens (tertiary/aromatic N) is 2. The van der Waals surface area contributed by atoms with Crippen LogP contribution in [0.15, 0.2) is 52.4 Å². The third-order valence-corrected chi connectivity index (χ3v) is 6.34. The fourth-order valence-electron chi connectivity index (χ4n) is 2.92. The number of amides is 1. The maximum atomic E-state index is 12.9. The first-order valence-corrected chi connectivity index (χ1v) is 10.4. The molecule has 1 amide bonds. The Labute approximate surface area is 173 Å². The summed E-state index contributed by atoms with van der Waals surface area (Å²) < 4.78 is 1.62. The second kappa shape index (κ2) is 8.80. The normalized spacial score (nSPS) is 12.1. The van der Waals surface area contributed by atoms with Crippen molar-refractivity contribution in [3.63, 3.8) is 0 Å². The van der Waals surface area contributed by atoms with Gasteiger partial charge in [-0.3, -0.25) is 14.2 Å². The molecule has 0 bridgehead atoms. The molecule has 1 N–H and O–H groups in total. The molecule has 3 aromatic rings. The van der Waals surface area contributed by atoms with Gasteiger partial charge in [-0.25, -0.2) is 4.98 Å². The molecule has 1 aromatic heterocycles. The predicted octanol–water partition coefficient (Wildman–Crippen LogP) is 4.89. The van der Waals surface area contributed by atoms with Crippen molar-refractivity contribution in [2.45, 2.75) is 44.1 Å². The Hall–Kier alpha value is -2.31. The van der Waals surface area contributed by atoms with Gasteiger partial charge in [0.25, 0.3) is 5.56 Å². The van der Waals surface area contributed by atoms with Crippen LogP contribution in [0.25, 0.3) is 10.9 Å². The van der Waals surface area contributed by atoms with Crippen LogP contribution in [0.3, 0.4) is 0 Å². The number of halogens is 1. The molecule has 0 aliphatic rings. The van der Waals surface area contributed by atoms with Gasteiger partial charge >= 0.3 is 0 Å². The molecule has 0 fully saturated rings. The van der Waals surface area contributed by atoms with Gasteiger partial charge in [0.15, 0.2) is 5.16 Å².